The van der Waals surface area contributed by atoms with Crippen LogP contribution in [0.2, 0.25) is 0 Å². The second-order valence-corrected chi connectivity index (χ2v) is 6.61. The Kier molecular flexibility index (Phi) is 3.64. The average molecular weight is 333 g/mol. The van der Waals surface area contributed by atoms with Gasteiger partial charge in [0.2, 0.25) is 0 Å². The first-order valence-corrected chi connectivity index (χ1v) is 8.31. The smallest absolute Gasteiger partial charge is 0.269 e. The van der Waals surface area contributed by atoms with Crippen molar-refractivity contribution in [3.8, 4) is 5.69 Å². The molecule has 0 saturated carbocycles. The van der Waals surface area contributed by atoms with E-state index in [9.17, 15) is 8.42 Å². The number of hydrogen-bond acceptors (Lipinski definition) is 6. The summed E-state index contributed by atoms with van der Waals surface area (Å²) in [5, 5.41) is 7.85. The Balaban J connectivity index is 1.96. The van der Waals surface area contributed by atoms with Crippen LogP contribution in [0.5, 0.6) is 0 Å². The summed E-state index contributed by atoms with van der Waals surface area (Å²) < 4.78 is 33.7. The van der Waals surface area contributed by atoms with Gasteiger partial charge in [0.15, 0.2) is 10.7 Å². The van der Waals surface area contributed by atoms with Crippen molar-refractivity contribution in [1.82, 2.24) is 19.9 Å². The molecule has 3 aromatic rings. The number of hydrogen-bond donors (Lipinski definition) is 1. The van der Waals surface area contributed by atoms with Crippen molar-refractivity contribution in [2.75, 3.05) is 4.72 Å². The van der Waals surface area contributed by atoms with Gasteiger partial charge in [0.1, 0.15) is 11.5 Å². The van der Waals surface area contributed by atoms with Crippen LogP contribution >= 0.6 is 0 Å². The standard InChI is InChI=1S/C14H15N5O3S/c1-9-13(10(2)22-17-9)23(20,21)18-14-15-11(3)19(16-14)12-7-5-4-6-8-12/h4-8H,1-3H3,(H,16,18). The largest absolute Gasteiger partial charge is 0.360 e. The minimum atomic E-state index is -3.86. The molecule has 0 bridgehead atoms. The SMILES string of the molecule is Cc1noc(C)c1S(=O)(=O)Nc1nc(C)n(-c2ccccc2)n1. The minimum absolute atomic E-state index is 0.00575. The van der Waals surface area contributed by atoms with Gasteiger partial charge in [0.25, 0.3) is 16.0 Å². The summed E-state index contributed by atoms with van der Waals surface area (Å²) >= 11 is 0. The fraction of sp³-hybridized carbons (Fsp3) is 0.214. The molecule has 0 unspecified atom stereocenters. The van der Waals surface area contributed by atoms with Gasteiger partial charge in [-0.05, 0) is 32.9 Å². The molecule has 0 atom stereocenters. The first-order chi connectivity index (χ1) is 10.9. The van der Waals surface area contributed by atoms with E-state index in [0.717, 1.165) is 5.69 Å². The van der Waals surface area contributed by atoms with E-state index < -0.39 is 10.0 Å². The molecule has 0 saturated heterocycles. The van der Waals surface area contributed by atoms with Gasteiger partial charge in [-0.1, -0.05) is 23.4 Å². The Hall–Kier alpha value is -2.68. The van der Waals surface area contributed by atoms with Gasteiger partial charge in [0.05, 0.1) is 5.69 Å². The van der Waals surface area contributed by atoms with Crippen LogP contribution in [0.4, 0.5) is 5.95 Å². The number of benzene rings is 1. The molecule has 0 aliphatic heterocycles. The first-order valence-electron chi connectivity index (χ1n) is 6.83. The van der Waals surface area contributed by atoms with Gasteiger partial charge in [0, 0.05) is 0 Å². The van der Waals surface area contributed by atoms with Crippen LogP contribution in [0.15, 0.2) is 39.8 Å². The summed E-state index contributed by atoms with van der Waals surface area (Å²) in [6, 6.07) is 9.33. The second-order valence-electron chi connectivity index (χ2n) is 4.99. The monoisotopic (exact) mass is 333 g/mol. The van der Waals surface area contributed by atoms with Gasteiger partial charge < -0.3 is 4.52 Å². The number of para-hydroxylation sites is 1. The molecule has 2 heterocycles. The first kappa shape index (κ1) is 15.2. The third-order valence-electron chi connectivity index (χ3n) is 3.23. The molecular weight excluding hydrogens is 318 g/mol. The lowest BCUT2D eigenvalue weighted by molar-refractivity contribution is 0.390. The van der Waals surface area contributed by atoms with Gasteiger partial charge in [-0.15, -0.1) is 5.10 Å². The van der Waals surface area contributed by atoms with E-state index in [0.29, 0.717) is 5.82 Å². The van der Waals surface area contributed by atoms with Crippen molar-refractivity contribution in [2.24, 2.45) is 0 Å². The van der Waals surface area contributed by atoms with Gasteiger partial charge in [-0.3, -0.25) is 0 Å². The van der Waals surface area contributed by atoms with E-state index in [1.807, 2.05) is 30.3 Å². The fourth-order valence-corrected chi connectivity index (χ4v) is 3.55. The second kappa shape index (κ2) is 5.51. The topological polar surface area (TPSA) is 103 Å². The van der Waals surface area contributed by atoms with Crippen LogP contribution in [0, 0.1) is 20.8 Å². The Labute approximate surface area is 133 Å². The van der Waals surface area contributed by atoms with Crippen LogP contribution in [0.25, 0.3) is 5.69 Å². The third-order valence-corrected chi connectivity index (χ3v) is 4.80. The van der Waals surface area contributed by atoms with Crippen LogP contribution in [0.3, 0.4) is 0 Å². The predicted molar refractivity (Wildman–Crippen MR) is 82.9 cm³/mol. The van der Waals surface area contributed by atoms with E-state index >= 15 is 0 Å². The van der Waals surface area contributed by atoms with E-state index in [4.69, 9.17) is 4.52 Å². The molecule has 0 fully saturated rings. The van der Waals surface area contributed by atoms with Crippen molar-refractivity contribution >= 4 is 16.0 Å². The van der Waals surface area contributed by atoms with Gasteiger partial charge in [-0.2, -0.15) is 4.98 Å². The summed E-state index contributed by atoms with van der Waals surface area (Å²) in [4.78, 5) is 4.16. The summed E-state index contributed by atoms with van der Waals surface area (Å²) in [5.41, 5.74) is 1.08. The highest BCUT2D eigenvalue weighted by molar-refractivity contribution is 7.92. The zero-order valence-corrected chi connectivity index (χ0v) is 13.6. The molecule has 23 heavy (non-hydrogen) atoms. The molecule has 120 valence electrons. The number of aromatic nitrogens is 4. The third kappa shape index (κ3) is 2.82. The quantitative estimate of drug-likeness (QED) is 0.783. The Morgan fingerprint density at radius 3 is 2.43 bits per heavy atom. The van der Waals surface area contributed by atoms with Crippen LogP contribution in [-0.4, -0.2) is 28.3 Å². The molecule has 3 rings (SSSR count). The van der Waals surface area contributed by atoms with Crippen LogP contribution in [-0.2, 0) is 10.0 Å². The number of nitrogens with one attached hydrogen (secondary N) is 1. The summed E-state index contributed by atoms with van der Waals surface area (Å²) in [6.45, 7) is 4.84. The van der Waals surface area contributed by atoms with E-state index in [1.54, 1.807) is 18.5 Å². The molecule has 9 heteroatoms. The molecule has 0 spiro atoms. The van der Waals surface area contributed by atoms with E-state index in [2.05, 4.69) is 20.0 Å². The number of nitrogens with zero attached hydrogens (tertiary/aromatic N) is 4. The Morgan fingerprint density at radius 2 is 1.83 bits per heavy atom. The molecular formula is C14H15N5O3S. The zero-order valence-electron chi connectivity index (χ0n) is 12.8. The molecule has 0 aliphatic rings. The predicted octanol–water partition coefficient (Wildman–Crippen LogP) is 1.98. The van der Waals surface area contributed by atoms with Gasteiger partial charge >= 0.3 is 0 Å². The normalized spacial score (nSPS) is 11.6. The number of rotatable bonds is 4. The highest BCUT2D eigenvalue weighted by Gasteiger charge is 2.26. The molecule has 0 aliphatic carbocycles. The summed E-state index contributed by atoms with van der Waals surface area (Å²) in [7, 11) is -3.86. The lowest BCUT2D eigenvalue weighted by Crippen LogP contribution is -2.15. The maximum atomic E-state index is 12.5. The number of sulfonamides is 1. The Morgan fingerprint density at radius 1 is 1.13 bits per heavy atom. The maximum absolute atomic E-state index is 12.5. The van der Waals surface area contributed by atoms with Crippen LogP contribution < -0.4 is 4.72 Å². The molecule has 0 radical (unpaired) electrons. The lowest BCUT2D eigenvalue weighted by atomic mass is 10.3. The van der Waals surface area contributed by atoms with Crippen molar-refractivity contribution in [1.29, 1.82) is 0 Å². The zero-order chi connectivity index (χ0) is 16.6. The highest BCUT2D eigenvalue weighted by Crippen LogP contribution is 2.21. The van der Waals surface area contributed by atoms with Crippen molar-refractivity contribution < 1.29 is 12.9 Å². The molecule has 0 amide bonds. The Bertz CT molecular complexity index is 925. The molecule has 1 aromatic carbocycles. The number of anilines is 1. The summed E-state index contributed by atoms with van der Waals surface area (Å²) in [5.74, 6) is 0.772. The van der Waals surface area contributed by atoms with Crippen molar-refractivity contribution in [2.45, 2.75) is 25.7 Å². The maximum Gasteiger partial charge on any atom is 0.269 e. The number of aryl methyl sites for hydroxylation is 3. The average Bonchev–Trinajstić information content (AvgIpc) is 3.02. The molecule has 2 aromatic heterocycles. The van der Waals surface area contributed by atoms with Crippen molar-refractivity contribution in [3.63, 3.8) is 0 Å². The minimum Gasteiger partial charge on any atom is -0.360 e. The lowest BCUT2D eigenvalue weighted by Gasteiger charge is -2.03. The molecule has 1 N–H and O–H groups in total. The van der Waals surface area contributed by atoms with Crippen LogP contribution in [0.1, 0.15) is 17.3 Å². The fourth-order valence-electron chi connectivity index (χ4n) is 2.28. The van der Waals surface area contributed by atoms with Gasteiger partial charge in [-0.25, -0.2) is 17.8 Å². The summed E-state index contributed by atoms with van der Waals surface area (Å²) in [6.07, 6.45) is 0. The highest BCUT2D eigenvalue weighted by atomic mass is 32.2. The van der Waals surface area contributed by atoms with E-state index in [1.165, 1.54) is 6.92 Å². The molecule has 8 nitrogen and oxygen atoms in total. The van der Waals surface area contributed by atoms with Crippen molar-refractivity contribution in [3.05, 3.63) is 47.6 Å². The van der Waals surface area contributed by atoms with E-state index in [-0.39, 0.29) is 22.3 Å².